The van der Waals surface area contributed by atoms with Gasteiger partial charge in [-0.1, -0.05) is 35.9 Å². The predicted molar refractivity (Wildman–Crippen MR) is 107 cm³/mol. The van der Waals surface area contributed by atoms with E-state index in [2.05, 4.69) is 40.1 Å². The topological polar surface area (TPSA) is 6.48 Å². The van der Waals surface area contributed by atoms with Crippen LogP contribution in [0.2, 0.25) is 0 Å². The average molecular weight is 350 g/mol. The van der Waals surface area contributed by atoms with Crippen molar-refractivity contribution in [3.63, 3.8) is 0 Å². The van der Waals surface area contributed by atoms with Crippen LogP contribution in [0.4, 0.5) is 10.1 Å². The van der Waals surface area contributed by atoms with E-state index in [1.165, 1.54) is 36.1 Å². The van der Waals surface area contributed by atoms with Crippen molar-refractivity contribution in [1.29, 1.82) is 0 Å². The molecule has 2 aliphatic rings. The summed E-state index contributed by atoms with van der Waals surface area (Å²) in [5.41, 5.74) is 5.57. The fraction of sp³-hybridized carbons (Fsp3) is 0.391. The summed E-state index contributed by atoms with van der Waals surface area (Å²) >= 11 is 0. The molecule has 0 spiro atoms. The van der Waals surface area contributed by atoms with Crippen molar-refractivity contribution in [3.05, 3.63) is 71.6 Å². The lowest BCUT2D eigenvalue weighted by Gasteiger charge is -2.37. The zero-order valence-electron chi connectivity index (χ0n) is 15.3. The molecule has 0 unspecified atom stereocenters. The van der Waals surface area contributed by atoms with Crippen molar-refractivity contribution in [1.82, 2.24) is 4.90 Å². The number of rotatable bonds is 4. The first-order chi connectivity index (χ1) is 12.8. The fourth-order valence-electron chi connectivity index (χ4n) is 4.21. The molecule has 4 rings (SSSR count). The van der Waals surface area contributed by atoms with E-state index in [4.69, 9.17) is 0 Å². The highest BCUT2D eigenvalue weighted by atomic mass is 19.1. The molecule has 2 aromatic rings. The van der Waals surface area contributed by atoms with E-state index >= 15 is 0 Å². The molecule has 1 aliphatic heterocycles. The largest absolute Gasteiger partial charge is 0.369 e. The summed E-state index contributed by atoms with van der Waals surface area (Å²) in [6.45, 7) is 5.45. The van der Waals surface area contributed by atoms with Gasteiger partial charge in [-0.2, -0.15) is 0 Å². The van der Waals surface area contributed by atoms with Crippen LogP contribution in [0.1, 0.15) is 31.2 Å². The number of allylic oxidation sites excluding steroid dienone is 1. The van der Waals surface area contributed by atoms with Gasteiger partial charge in [-0.3, -0.25) is 4.90 Å². The molecule has 1 aliphatic carbocycles. The minimum Gasteiger partial charge on any atom is -0.369 e. The summed E-state index contributed by atoms with van der Waals surface area (Å²) in [5, 5.41) is 0. The molecule has 3 heteroatoms. The van der Waals surface area contributed by atoms with E-state index in [0.29, 0.717) is 0 Å². The molecule has 0 N–H and O–H groups in total. The monoisotopic (exact) mass is 350 g/mol. The highest BCUT2D eigenvalue weighted by molar-refractivity contribution is 5.69. The fourth-order valence-corrected chi connectivity index (χ4v) is 4.21. The van der Waals surface area contributed by atoms with Gasteiger partial charge in [-0.15, -0.1) is 0 Å². The van der Waals surface area contributed by atoms with Crippen LogP contribution in [0.5, 0.6) is 0 Å². The Balaban J connectivity index is 1.43. The van der Waals surface area contributed by atoms with Gasteiger partial charge >= 0.3 is 0 Å². The van der Waals surface area contributed by atoms with Gasteiger partial charge in [0.15, 0.2) is 0 Å². The molecule has 0 radical (unpaired) electrons. The van der Waals surface area contributed by atoms with Crippen molar-refractivity contribution in [2.45, 2.75) is 25.7 Å². The third kappa shape index (κ3) is 3.99. The lowest BCUT2D eigenvalue weighted by atomic mass is 9.87. The van der Waals surface area contributed by atoms with Gasteiger partial charge in [0, 0.05) is 38.4 Å². The molecule has 0 aromatic heterocycles. The molecule has 0 bridgehead atoms. The molecule has 1 heterocycles. The number of anilines is 1. The predicted octanol–water partition coefficient (Wildman–Crippen LogP) is 4.98. The van der Waals surface area contributed by atoms with Crippen LogP contribution in [0, 0.1) is 5.82 Å². The molecule has 136 valence electrons. The maximum absolute atomic E-state index is 13.3. The first-order valence-corrected chi connectivity index (χ1v) is 9.79. The van der Waals surface area contributed by atoms with Crippen molar-refractivity contribution in [3.8, 4) is 0 Å². The van der Waals surface area contributed by atoms with Crippen LogP contribution in [0.25, 0.3) is 5.57 Å². The molecular formula is C23H27FN2. The van der Waals surface area contributed by atoms with Crippen LogP contribution < -0.4 is 4.90 Å². The van der Waals surface area contributed by atoms with Gasteiger partial charge in [-0.05, 0) is 61.1 Å². The summed E-state index contributed by atoms with van der Waals surface area (Å²) in [7, 11) is 0. The molecule has 0 atom stereocenters. The van der Waals surface area contributed by atoms with E-state index in [9.17, 15) is 4.39 Å². The van der Waals surface area contributed by atoms with Gasteiger partial charge in [0.1, 0.15) is 5.82 Å². The van der Waals surface area contributed by atoms with Crippen LogP contribution in [-0.2, 0) is 0 Å². The normalized spacial score (nSPS) is 19.0. The molecule has 0 saturated carbocycles. The maximum atomic E-state index is 13.3. The first kappa shape index (κ1) is 17.3. The van der Waals surface area contributed by atoms with E-state index < -0.39 is 0 Å². The lowest BCUT2D eigenvalue weighted by Crippen LogP contribution is -2.47. The minimum absolute atomic E-state index is 0.149. The molecule has 1 saturated heterocycles. The SMILES string of the molecule is Fc1ccc(C2=C(CN3CCN(c4ccccc4)CC3)CCCC2)cc1. The standard InChI is InChI=1S/C23H27FN2/c24-21-12-10-19(11-13-21)23-9-5-4-6-20(23)18-25-14-16-26(17-15-25)22-7-2-1-3-8-22/h1-3,7-8,10-13H,4-6,9,14-18H2. The first-order valence-electron chi connectivity index (χ1n) is 9.79. The van der Waals surface area contributed by atoms with Crippen LogP contribution in [0.15, 0.2) is 60.2 Å². The second kappa shape index (κ2) is 8.05. The molecule has 1 fully saturated rings. The average Bonchev–Trinajstić information content (AvgIpc) is 2.70. The Labute approximate surface area is 155 Å². The Morgan fingerprint density at radius 2 is 1.46 bits per heavy atom. The van der Waals surface area contributed by atoms with Gasteiger partial charge in [0.05, 0.1) is 0 Å². The third-order valence-corrected chi connectivity index (χ3v) is 5.68. The van der Waals surface area contributed by atoms with E-state index in [0.717, 1.165) is 39.1 Å². The van der Waals surface area contributed by atoms with Gasteiger partial charge in [0.2, 0.25) is 0 Å². The smallest absolute Gasteiger partial charge is 0.123 e. The minimum atomic E-state index is -0.149. The lowest BCUT2D eigenvalue weighted by molar-refractivity contribution is 0.275. The van der Waals surface area contributed by atoms with Crippen LogP contribution in [-0.4, -0.2) is 37.6 Å². The Morgan fingerprint density at radius 1 is 0.769 bits per heavy atom. The molecular weight excluding hydrogens is 323 g/mol. The summed E-state index contributed by atoms with van der Waals surface area (Å²) in [5.74, 6) is -0.149. The second-order valence-electron chi connectivity index (χ2n) is 7.39. The highest BCUT2D eigenvalue weighted by Crippen LogP contribution is 2.33. The molecule has 2 nitrogen and oxygen atoms in total. The van der Waals surface area contributed by atoms with Gasteiger partial charge in [0.25, 0.3) is 0 Å². The zero-order valence-corrected chi connectivity index (χ0v) is 15.3. The molecule has 26 heavy (non-hydrogen) atoms. The Morgan fingerprint density at radius 3 is 2.19 bits per heavy atom. The quantitative estimate of drug-likeness (QED) is 0.768. The maximum Gasteiger partial charge on any atom is 0.123 e. The number of hydrogen-bond acceptors (Lipinski definition) is 2. The molecule has 2 aromatic carbocycles. The summed E-state index contributed by atoms with van der Waals surface area (Å²) in [4.78, 5) is 5.07. The number of halogens is 1. The van der Waals surface area contributed by atoms with Crippen LogP contribution >= 0.6 is 0 Å². The molecule has 0 amide bonds. The van der Waals surface area contributed by atoms with Crippen LogP contribution in [0.3, 0.4) is 0 Å². The van der Waals surface area contributed by atoms with Gasteiger partial charge < -0.3 is 4.90 Å². The van der Waals surface area contributed by atoms with Crippen molar-refractivity contribution < 1.29 is 4.39 Å². The number of hydrogen-bond donors (Lipinski definition) is 0. The number of benzene rings is 2. The van der Waals surface area contributed by atoms with E-state index in [-0.39, 0.29) is 5.82 Å². The Hall–Kier alpha value is -2.13. The van der Waals surface area contributed by atoms with Gasteiger partial charge in [-0.25, -0.2) is 4.39 Å². The van der Waals surface area contributed by atoms with Crippen molar-refractivity contribution in [2.24, 2.45) is 0 Å². The zero-order chi connectivity index (χ0) is 17.8. The Bertz CT molecular complexity index is 744. The number of piperazine rings is 1. The third-order valence-electron chi connectivity index (χ3n) is 5.68. The Kier molecular flexibility index (Phi) is 5.35. The summed E-state index contributed by atoms with van der Waals surface area (Å²) < 4.78 is 13.3. The number of para-hydroxylation sites is 1. The van der Waals surface area contributed by atoms with E-state index in [1.807, 2.05) is 12.1 Å². The van der Waals surface area contributed by atoms with Crippen molar-refractivity contribution in [2.75, 3.05) is 37.6 Å². The highest BCUT2D eigenvalue weighted by Gasteiger charge is 2.21. The second-order valence-corrected chi connectivity index (χ2v) is 7.39. The number of nitrogens with zero attached hydrogens (tertiary/aromatic N) is 2. The van der Waals surface area contributed by atoms with Crippen molar-refractivity contribution >= 4 is 11.3 Å². The summed E-state index contributed by atoms with van der Waals surface area (Å²) in [6, 6.07) is 17.8. The van der Waals surface area contributed by atoms with E-state index in [1.54, 1.807) is 17.7 Å². The summed E-state index contributed by atoms with van der Waals surface area (Å²) in [6.07, 6.45) is 4.85.